The lowest BCUT2D eigenvalue weighted by atomic mass is 9.72. The number of alkyl halides is 2. The Hall–Kier alpha value is -1.38. The molecule has 0 heterocycles. The van der Waals surface area contributed by atoms with Crippen LogP contribution in [-0.4, -0.2) is 13.0 Å². The first-order valence-corrected chi connectivity index (χ1v) is 4.75. The maximum absolute atomic E-state index is 13.3. The number of hydrogen-bond donors (Lipinski definition) is 0. The van der Waals surface area contributed by atoms with Gasteiger partial charge in [-0.3, -0.25) is 0 Å². The van der Waals surface area contributed by atoms with Gasteiger partial charge in [0.25, 0.3) is 5.92 Å². The average molecular weight is 210 g/mol. The van der Waals surface area contributed by atoms with Gasteiger partial charge in [0, 0.05) is 0 Å². The molecular weight excluding hydrogens is 198 g/mol. The zero-order valence-electron chi connectivity index (χ0n) is 8.47. The van der Waals surface area contributed by atoms with Gasteiger partial charge in [-0.1, -0.05) is 18.7 Å². The Morgan fingerprint density at radius 2 is 1.93 bits per heavy atom. The first-order valence-electron chi connectivity index (χ1n) is 4.75. The molecule has 1 aromatic rings. The number of hydrogen-bond acceptors (Lipinski definition) is 1. The molecule has 0 bridgehead atoms. The van der Waals surface area contributed by atoms with Gasteiger partial charge in [-0.25, -0.2) is 8.78 Å². The molecule has 1 saturated carbocycles. The highest BCUT2D eigenvalue weighted by atomic mass is 19.3. The van der Waals surface area contributed by atoms with Gasteiger partial charge in [-0.15, -0.1) is 0 Å². The fourth-order valence-corrected chi connectivity index (χ4v) is 1.79. The highest BCUT2D eigenvalue weighted by Crippen LogP contribution is 2.53. The molecule has 1 nitrogen and oxygen atoms in total. The van der Waals surface area contributed by atoms with Crippen molar-refractivity contribution in [1.82, 2.24) is 0 Å². The summed E-state index contributed by atoms with van der Waals surface area (Å²) in [5.41, 5.74) is 0.677. The largest absolute Gasteiger partial charge is 0.497 e. The number of ether oxygens (including phenoxy) is 1. The van der Waals surface area contributed by atoms with Crippen molar-refractivity contribution in [2.24, 2.45) is 0 Å². The average Bonchev–Trinajstić information content (AvgIpc) is 2.26. The van der Waals surface area contributed by atoms with E-state index in [1.807, 2.05) is 0 Å². The van der Waals surface area contributed by atoms with Crippen LogP contribution in [0.5, 0.6) is 5.75 Å². The Kier molecular flexibility index (Phi) is 2.25. The van der Waals surface area contributed by atoms with Gasteiger partial charge in [0.2, 0.25) is 0 Å². The second-order valence-electron chi connectivity index (χ2n) is 3.76. The number of rotatable bonds is 2. The van der Waals surface area contributed by atoms with Gasteiger partial charge >= 0.3 is 0 Å². The number of halogens is 2. The van der Waals surface area contributed by atoms with Crippen molar-refractivity contribution >= 4 is 0 Å². The van der Waals surface area contributed by atoms with Crippen LogP contribution >= 0.6 is 0 Å². The van der Waals surface area contributed by atoms with Gasteiger partial charge in [0.15, 0.2) is 0 Å². The predicted octanol–water partition coefficient (Wildman–Crippen LogP) is 3.37. The molecule has 0 saturated heterocycles. The summed E-state index contributed by atoms with van der Waals surface area (Å²) in [7, 11) is 1.55. The van der Waals surface area contributed by atoms with E-state index in [2.05, 4.69) is 6.58 Å². The molecule has 0 N–H and O–H groups in total. The van der Waals surface area contributed by atoms with Crippen molar-refractivity contribution in [3.8, 4) is 5.75 Å². The number of allylic oxidation sites excluding steroid dienone is 1. The van der Waals surface area contributed by atoms with Crippen molar-refractivity contribution in [1.29, 1.82) is 0 Å². The molecule has 0 spiro atoms. The fraction of sp³-hybridized carbons (Fsp3) is 0.333. The normalized spacial score (nSPS) is 23.4. The van der Waals surface area contributed by atoms with Crippen LogP contribution in [0.25, 0.3) is 0 Å². The maximum Gasteiger partial charge on any atom is 0.276 e. The highest BCUT2D eigenvalue weighted by molar-refractivity contribution is 5.38. The van der Waals surface area contributed by atoms with Gasteiger partial charge in [-0.05, 0) is 29.7 Å². The minimum Gasteiger partial charge on any atom is -0.497 e. The van der Waals surface area contributed by atoms with Crippen LogP contribution in [0.2, 0.25) is 0 Å². The Morgan fingerprint density at radius 3 is 2.33 bits per heavy atom. The summed E-state index contributed by atoms with van der Waals surface area (Å²) < 4.78 is 31.6. The molecule has 3 heteroatoms. The molecule has 1 aliphatic rings. The highest BCUT2D eigenvalue weighted by Gasteiger charge is 2.52. The standard InChI is InChI=1S/C12H12F2O/c1-8-7-11(12(8,13)14)9-3-5-10(15-2)6-4-9/h3-6,11H,1,7H2,2H3. The van der Waals surface area contributed by atoms with Gasteiger partial charge in [0.05, 0.1) is 13.0 Å². The zero-order chi connectivity index (χ0) is 11.1. The molecule has 0 aliphatic heterocycles. The summed E-state index contributed by atoms with van der Waals surface area (Å²) in [5.74, 6) is -2.77. The van der Waals surface area contributed by atoms with Crippen molar-refractivity contribution in [3.05, 3.63) is 42.0 Å². The van der Waals surface area contributed by atoms with Crippen molar-refractivity contribution in [2.75, 3.05) is 7.11 Å². The van der Waals surface area contributed by atoms with Crippen LogP contribution in [-0.2, 0) is 0 Å². The fourth-order valence-electron chi connectivity index (χ4n) is 1.79. The summed E-state index contributed by atoms with van der Waals surface area (Å²) in [6.07, 6.45) is 0.374. The molecule has 15 heavy (non-hydrogen) atoms. The third-order valence-electron chi connectivity index (χ3n) is 2.88. The molecule has 80 valence electrons. The summed E-state index contributed by atoms with van der Waals surface area (Å²) in [6.45, 7) is 3.35. The monoisotopic (exact) mass is 210 g/mol. The van der Waals surface area contributed by atoms with Crippen LogP contribution < -0.4 is 4.74 Å². The lowest BCUT2D eigenvalue weighted by Crippen LogP contribution is -2.39. The molecule has 1 unspecified atom stereocenters. The minimum atomic E-state index is -2.74. The van der Waals surface area contributed by atoms with Crippen LogP contribution in [0.4, 0.5) is 8.78 Å². The quantitative estimate of drug-likeness (QED) is 0.680. The van der Waals surface area contributed by atoms with Crippen LogP contribution in [0, 0.1) is 0 Å². The Morgan fingerprint density at radius 1 is 1.33 bits per heavy atom. The Labute approximate surface area is 87.4 Å². The zero-order valence-corrected chi connectivity index (χ0v) is 8.47. The lowest BCUT2D eigenvalue weighted by molar-refractivity contribution is -0.0355. The van der Waals surface area contributed by atoms with E-state index in [9.17, 15) is 8.78 Å². The van der Waals surface area contributed by atoms with Crippen LogP contribution in [0.1, 0.15) is 17.9 Å². The summed E-state index contributed by atoms with van der Waals surface area (Å²) in [5, 5.41) is 0. The van der Waals surface area contributed by atoms with E-state index < -0.39 is 11.8 Å². The molecule has 1 aromatic carbocycles. The second kappa shape index (κ2) is 3.33. The molecule has 2 rings (SSSR count). The molecule has 1 atom stereocenters. The van der Waals surface area contributed by atoms with Gasteiger partial charge < -0.3 is 4.74 Å². The van der Waals surface area contributed by atoms with Crippen molar-refractivity contribution < 1.29 is 13.5 Å². The maximum atomic E-state index is 13.3. The van der Waals surface area contributed by atoms with Crippen LogP contribution in [0.15, 0.2) is 36.4 Å². The SMILES string of the molecule is C=C1CC(c2ccc(OC)cc2)C1(F)F. The first kappa shape index (κ1) is 10.1. The van der Waals surface area contributed by atoms with Crippen molar-refractivity contribution in [3.63, 3.8) is 0 Å². The third kappa shape index (κ3) is 1.52. The Bertz CT molecular complexity index is 381. The first-order chi connectivity index (χ1) is 7.05. The molecule has 1 aliphatic carbocycles. The van der Waals surface area contributed by atoms with Gasteiger partial charge in [0.1, 0.15) is 5.75 Å². The van der Waals surface area contributed by atoms with E-state index >= 15 is 0 Å². The van der Waals surface area contributed by atoms with E-state index in [0.717, 1.165) is 0 Å². The topological polar surface area (TPSA) is 9.23 Å². The van der Waals surface area contributed by atoms with E-state index in [-0.39, 0.29) is 5.57 Å². The van der Waals surface area contributed by atoms with E-state index in [4.69, 9.17) is 4.74 Å². The minimum absolute atomic E-state index is 0.0309. The number of benzene rings is 1. The summed E-state index contributed by atoms with van der Waals surface area (Å²) in [6, 6.07) is 6.77. The number of methoxy groups -OCH3 is 1. The lowest BCUT2D eigenvalue weighted by Gasteiger charge is -2.39. The third-order valence-corrected chi connectivity index (χ3v) is 2.88. The second-order valence-corrected chi connectivity index (χ2v) is 3.76. The molecule has 0 radical (unpaired) electrons. The Balaban J connectivity index is 2.21. The van der Waals surface area contributed by atoms with Crippen molar-refractivity contribution in [2.45, 2.75) is 18.3 Å². The predicted molar refractivity (Wildman–Crippen MR) is 54.4 cm³/mol. The molecule has 0 amide bonds. The molecular formula is C12H12F2O. The molecule has 0 aromatic heterocycles. The summed E-state index contributed by atoms with van der Waals surface area (Å²) >= 11 is 0. The molecule has 1 fully saturated rings. The van der Waals surface area contributed by atoms with E-state index in [1.165, 1.54) is 0 Å². The summed E-state index contributed by atoms with van der Waals surface area (Å²) in [4.78, 5) is 0. The van der Waals surface area contributed by atoms with Gasteiger partial charge in [-0.2, -0.15) is 0 Å². The smallest absolute Gasteiger partial charge is 0.276 e. The van der Waals surface area contributed by atoms with Crippen LogP contribution in [0.3, 0.4) is 0 Å². The van der Waals surface area contributed by atoms with E-state index in [0.29, 0.717) is 17.7 Å². The van der Waals surface area contributed by atoms with E-state index in [1.54, 1.807) is 31.4 Å².